The van der Waals surface area contributed by atoms with E-state index in [9.17, 15) is 14.4 Å². The van der Waals surface area contributed by atoms with Crippen molar-refractivity contribution in [2.75, 3.05) is 12.3 Å². The molecule has 1 saturated heterocycles. The van der Waals surface area contributed by atoms with Crippen LogP contribution in [-0.2, 0) is 4.79 Å². The summed E-state index contributed by atoms with van der Waals surface area (Å²) in [5.74, 6) is -0.678. The first-order valence-corrected chi connectivity index (χ1v) is 8.24. The van der Waals surface area contributed by atoms with E-state index in [1.165, 1.54) is 4.90 Å². The van der Waals surface area contributed by atoms with Gasteiger partial charge in [-0.05, 0) is 44.4 Å². The molecule has 1 aromatic heterocycles. The summed E-state index contributed by atoms with van der Waals surface area (Å²) in [4.78, 5) is 39.2. The second-order valence-corrected chi connectivity index (χ2v) is 6.49. The standard InChI is InChI=1S/C18H21N3O4/c1-9-12-6-5-11(20)8-14(12)25-18(24)15(9)16(22)13-4-3-7-21(13)17(23)10(2)19/h5-6,8,10,13H,3-4,7,19-20H2,1-2H3/t10-,13-/m0/s1. The van der Waals surface area contributed by atoms with Gasteiger partial charge in [-0.25, -0.2) is 4.79 Å². The number of rotatable bonds is 3. The molecule has 1 aliphatic heterocycles. The molecular weight excluding hydrogens is 322 g/mol. The smallest absolute Gasteiger partial charge is 0.347 e. The largest absolute Gasteiger partial charge is 0.422 e. The van der Waals surface area contributed by atoms with Gasteiger partial charge < -0.3 is 20.8 Å². The number of carbonyl (C=O) groups excluding carboxylic acids is 2. The molecule has 1 aromatic carbocycles. The van der Waals surface area contributed by atoms with Crippen LogP contribution in [0, 0.1) is 6.92 Å². The van der Waals surface area contributed by atoms with Crippen molar-refractivity contribution in [1.82, 2.24) is 4.90 Å². The molecule has 4 N–H and O–H groups in total. The van der Waals surface area contributed by atoms with E-state index in [2.05, 4.69) is 0 Å². The van der Waals surface area contributed by atoms with Crippen LogP contribution in [0.1, 0.15) is 35.7 Å². The van der Waals surface area contributed by atoms with Gasteiger partial charge >= 0.3 is 5.63 Å². The summed E-state index contributed by atoms with van der Waals surface area (Å²) >= 11 is 0. The molecule has 2 atom stereocenters. The molecule has 7 heteroatoms. The fourth-order valence-corrected chi connectivity index (χ4v) is 3.39. The first-order valence-electron chi connectivity index (χ1n) is 8.24. The number of nitrogen functional groups attached to an aromatic ring is 1. The lowest BCUT2D eigenvalue weighted by atomic mass is 9.97. The Kier molecular flexibility index (Phi) is 4.34. The number of nitrogens with zero attached hydrogens (tertiary/aromatic N) is 1. The molecule has 7 nitrogen and oxygen atoms in total. The van der Waals surface area contributed by atoms with Crippen LogP contribution in [0.3, 0.4) is 0 Å². The molecule has 2 heterocycles. The van der Waals surface area contributed by atoms with E-state index in [0.29, 0.717) is 41.6 Å². The Balaban J connectivity index is 2.07. The fraction of sp³-hybridized carbons (Fsp3) is 0.389. The zero-order chi connectivity index (χ0) is 18.3. The second kappa shape index (κ2) is 6.33. The number of anilines is 1. The summed E-state index contributed by atoms with van der Waals surface area (Å²) in [6.07, 6.45) is 1.21. The normalized spacial score (nSPS) is 18.5. The third-order valence-corrected chi connectivity index (χ3v) is 4.67. The summed E-state index contributed by atoms with van der Waals surface area (Å²) in [7, 11) is 0. The maximum atomic E-state index is 13.0. The van der Waals surface area contributed by atoms with Gasteiger partial charge in [-0.2, -0.15) is 0 Å². The highest BCUT2D eigenvalue weighted by Crippen LogP contribution is 2.26. The van der Waals surface area contributed by atoms with Gasteiger partial charge in [0.25, 0.3) is 0 Å². The fourth-order valence-electron chi connectivity index (χ4n) is 3.39. The van der Waals surface area contributed by atoms with Gasteiger partial charge in [-0.15, -0.1) is 0 Å². The van der Waals surface area contributed by atoms with Gasteiger partial charge in [-0.3, -0.25) is 9.59 Å². The molecule has 0 unspecified atom stereocenters. The molecule has 2 aromatic rings. The summed E-state index contributed by atoms with van der Waals surface area (Å²) in [6, 6.07) is 3.60. The molecule has 0 aliphatic carbocycles. The lowest BCUT2D eigenvalue weighted by Gasteiger charge is -2.25. The monoisotopic (exact) mass is 343 g/mol. The lowest BCUT2D eigenvalue weighted by molar-refractivity contribution is -0.132. The Morgan fingerprint density at radius 3 is 2.76 bits per heavy atom. The van der Waals surface area contributed by atoms with Crippen LogP contribution in [0.5, 0.6) is 0 Å². The van der Waals surface area contributed by atoms with E-state index in [-0.39, 0.29) is 11.5 Å². The molecule has 132 valence electrons. The average molecular weight is 343 g/mol. The van der Waals surface area contributed by atoms with Crippen molar-refractivity contribution < 1.29 is 14.0 Å². The minimum absolute atomic E-state index is 0.00774. The number of likely N-dealkylation sites (tertiary alicyclic amines) is 1. The van der Waals surface area contributed by atoms with Crippen LogP contribution >= 0.6 is 0 Å². The first kappa shape index (κ1) is 17.2. The number of carbonyl (C=O) groups is 2. The number of fused-ring (bicyclic) bond motifs is 1. The topological polar surface area (TPSA) is 120 Å². The molecular formula is C18H21N3O4. The van der Waals surface area contributed by atoms with Crippen molar-refractivity contribution in [2.45, 2.75) is 38.8 Å². The number of nitrogens with two attached hydrogens (primary N) is 2. The number of hydrogen-bond donors (Lipinski definition) is 2. The SMILES string of the molecule is Cc1c(C(=O)[C@@H]2CCCN2C(=O)[C@H](C)N)c(=O)oc2cc(N)ccc12. The van der Waals surface area contributed by atoms with E-state index in [0.717, 1.165) is 0 Å². The average Bonchev–Trinajstić information content (AvgIpc) is 3.02. The maximum absolute atomic E-state index is 13.0. The molecule has 1 amide bonds. The van der Waals surface area contributed by atoms with E-state index >= 15 is 0 Å². The van der Waals surface area contributed by atoms with Crippen LogP contribution in [-0.4, -0.2) is 35.2 Å². The molecule has 0 saturated carbocycles. The highest BCUT2D eigenvalue weighted by molar-refractivity contribution is 6.05. The Bertz CT molecular complexity index is 916. The minimum Gasteiger partial charge on any atom is -0.422 e. The molecule has 25 heavy (non-hydrogen) atoms. The third kappa shape index (κ3) is 2.91. The Hall–Kier alpha value is -2.67. The lowest BCUT2D eigenvalue weighted by Crippen LogP contribution is -2.48. The molecule has 0 spiro atoms. The van der Waals surface area contributed by atoms with Crippen LogP contribution in [0.25, 0.3) is 11.0 Å². The Labute approximate surface area is 144 Å². The number of hydrogen-bond acceptors (Lipinski definition) is 6. The van der Waals surface area contributed by atoms with Gasteiger partial charge in [0.05, 0.1) is 12.1 Å². The second-order valence-electron chi connectivity index (χ2n) is 6.49. The highest BCUT2D eigenvalue weighted by Gasteiger charge is 2.37. The first-order chi connectivity index (χ1) is 11.8. The molecule has 1 aliphatic rings. The van der Waals surface area contributed by atoms with Gasteiger partial charge in [-0.1, -0.05) is 0 Å². The van der Waals surface area contributed by atoms with Crippen LogP contribution in [0.4, 0.5) is 5.69 Å². The van der Waals surface area contributed by atoms with Gasteiger partial charge in [0.1, 0.15) is 11.1 Å². The number of aryl methyl sites for hydroxylation is 1. The van der Waals surface area contributed by atoms with E-state index in [1.54, 1.807) is 32.0 Å². The number of amides is 1. The number of Topliss-reactive ketones (excluding diaryl/α,β-unsaturated/α-hetero) is 1. The predicted octanol–water partition coefficient (Wildman–Crippen LogP) is 1.20. The van der Waals surface area contributed by atoms with Crippen molar-refractivity contribution in [1.29, 1.82) is 0 Å². The van der Waals surface area contributed by atoms with Crippen LogP contribution in [0.2, 0.25) is 0 Å². The van der Waals surface area contributed by atoms with Crippen molar-refractivity contribution in [3.05, 3.63) is 39.7 Å². The molecule has 1 fully saturated rings. The number of benzene rings is 1. The van der Waals surface area contributed by atoms with Crippen molar-refractivity contribution in [3.63, 3.8) is 0 Å². The molecule has 3 rings (SSSR count). The Morgan fingerprint density at radius 1 is 1.36 bits per heavy atom. The van der Waals surface area contributed by atoms with Gasteiger partial charge in [0, 0.05) is 23.7 Å². The van der Waals surface area contributed by atoms with E-state index in [4.69, 9.17) is 15.9 Å². The maximum Gasteiger partial charge on any atom is 0.347 e. The zero-order valence-electron chi connectivity index (χ0n) is 14.2. The quantitative estimate of drug-likeness (QED) is 0.491. The van der Waals surface area contributed by atoms with Crippen molar-refractivity contribution >= 4 is 28.3 Å². The van der Waals surface area contributed by atoms with Crippen LogP contribution in [0.15, 0.2) is 27.4 Å². The molecule has 0 bridgehead atoms. The van der Waals surface area contributed by atoms with Gasteiger partial charge in [0.15, 0.2) is 5.78 Å². The summed E-state index contributed by atoms with van der Waals surface area (Å²) in [5.41, 5.74) is 12.0. The van der Waals surface area contributed by atoms with Crippen molar-refractivity contribution in [3.8, 4) is 0 Å². The Morgan fingerprint density at radius 2 is 2.08 bits per heavy atom. The minimum atomic E-state index is -0.708. The molecule has 0 radical (unpaired) electrons. The summed E-state index contributed by atoms with van der Waals surface area (Å²) in [5, 5.41) is 0.653. The van der Waals surface area contributed by atoms with Crippen LogP contribution < -0.4 is 17.1 Å². The van der Waals surface area contributed by atoms with E-state index in [1.807, 2.05) is 0 Å². The third-order valence-electron chi connectivity index (χ3n) is 4.67. The predicted molar refractivity (Wildman–Crippen MR) is 94.3 cm³/mol. The van der Waals surface area contributed by atoms with Gasteiger partial charge in [0.2, 0.25) is 5.91 Å². The van der Waals surface area contributed by atoms with E-state index < -0.39 is 23.5 Å². The zero-order valence-corrected chi connectivity index (χ0v) is 14.2. The summed E-state index contributed by atoms with van der Waals surface area (Å²) < 4.78 is 5.29. The number of ketones is 1. The summed E-state index contributed by atoms with van der Waals surface area (Å²) in [6.45, 7) is 3.75. The van der Waals surface area contributed by atoms with Crippen molar-refractivity contribution in [2.24, 2.45) is 5.73 Å². The highest BCUT2D eigenvalue weighted by atomic mass is 16.4.